The van der Waals surface area contributed by atoms with Crippen LogP contribution in [0.1, 0.15) is 43.6 Å². The van der Waals surface area contributed by atoms with Gasteiger partial charge in [0.05, 0.1) is 7.11 Å². The number of carbonyl (C=O) groups excluding carboxylic acids is 1. The van der Waals surface area contributed by atoms with Gasteiger partial charge in [-0.3, -0.25) is 0 Å². The average Bonchev–Trinajstić information content (AvgIpc) is 3.05. The molecule has 1 N–H and O–H groups in total. The first-order valence-electron chi connectivity index (χ1n) is 8.78. The predicted molar refractivity (Wildman–Crippen MR) is 96.6 cm³/mol. The highest BCUT2D eigenvalue weighted by molar-refractivity contribution is 5.75. The minimum absolute atomic E-state index is 0.0389. The summed E-state index contributed by atoms with van der Waals surface area (Å²) in [6, 6.07) is 7.66. The molecule has 1 aromatic carbocycles. The third-order valence-corrected chi connectivity index (χ3v) is 4.88. The number of aromatic nitrogens is 2. The molecule has 2 aromatic rings. The van der Waals surface area contributed by atoms with Crippen LogP contribution in [-0.4, -0.2) is 40.2 Å². The summed E-state index contributed by atoms with van der Waals surface area (Å²) < 4.78 is 7.28. The number of carbonyl (C=O) groups is 1. The SMILES string of the molecule is COc1cccc([C@@H](NC(=O)N2CCCC[C@@H]2C)c2nccn2C)c1. The van der Waals surface area contributed by atoms with Gasteiger partial charge in [0, 0.05) is 32.0 Å². The highest BCUT2D eigenvalue weighted by Gasteiger charge is 2.27. The summed E-state index contributed by atoms with van der Waals surface area (Å²) in [6.45, 7) is 2.92. The number of urea groups is 1. The smallest absolute Gasteiger partial charge is 0.318 e. The van der Waals surface area contributed by atoms with Crippen molar-refractivity contribution < 1.29 is 9.53 Å². The standard InChI is InChI=1S/C19H26N4O2/c1-14-7-4-5-11-23(14)19(24)21-17(18-20-10-12-22(18)2)15-8-6-9-16(13-15)25-3/h6,8-10,12-14,17H,4-5,7,11H2,1-3H3,(H,21,24)/t14-,17+/m0/s1. The molecule has 1 saturated heterocycles. The van der Waals surface area contributed by atoms with Crippen LogP contribution in [0.3, 0.4) is 0 Å². The van der Waals surface area contributed by atoms with Crippen LogP contribution in [0.5, 0.6) is 5.75 Å². The second kappa shape index (κ2) is 7.59. The zero-order valence-corrected chi connectivity index (χ0v) is 15.1. The molecule has 3 rings (SSSR count). The van der Waals surface area contributed by atoms with Gasteiger partial charge in [-0.05, 0) is 43.9 Å². The van der Waals surface area contributed by atoms with Crippen molar-refractivity contribution in [3.63, 3.8) is 0 Å². The van der Waals surface area contributed by atoms with Gasteiger partial charge in [-0.25, -0.2) is 9.78 Å². The predicted octanol–water partition coefficient (Wildman–Crippen LogP) is 3.10. The molecule has 0 spiro atoms. The highest BCUT2D eigenvalue weighted by atomic mass is 16.5. The number of aryl methyl sites for hydroxylation is 1. The lowest BCUT2D eigenvalue weighted by Gasteiger charge is -2.34. The molecule has 1 aromatic heterocycles. The van der Waals surface area contributed by atoms with Gasteiger partial charge >= 0.3 is 6.03 Å². The second-order valence-electron chi connectivity index (χ2n) is 6.59. The number of amides is 2. The van der Waals surface area contributed by atoms with Gasteiger partial charge in [-0.15, -0.1) is 0 Å². The number of hydrogen-bond acceptors (Lipinski definition) is 3. The van der Waals surface area contributed by atoms with Crippen molar-refractivity contribution in [2.75, 3.05) is 13.7 Å². The summed E-state index contributed by atoms with van der Waals surface area (Å²) in [4.78, 5) is 19.3. The molecule has 6 nitrogen and oxygen atoms in total. The lowest BCUT2D eigenvalue weighted by molar-refractivity contribution is 0.155. The normalized spacial score (nSPS) is 18.7. The topological polar surface area (TPSA) is 59.4 Å². The summed E-state index contributed by atoms with van der Waals surface area (Å²) >= 11 is 0. The van der Waals surface area contributed by atoms with Crippen molar-refractivity contribution in [1.29, 1.82) is 0 Å². The number of ether oxygens (including phenoxy) is 1. The zero-order valence-electron chi connectivity index (χ0n) is 15.1. The Labute approximate surface area is 148 Å². The molecule has 134 valence electrons. The lowest BCUT2D eigenvalue weighted by atomic mass is 10.0. The minimum atomic E-state index is -0.322. The molecule has 2 atom stereocenters. The molecule has 0 radical (unpaired) electrons. The first-order valence-corrected chi connectivity index (χ1v) is 8.78. The zero-order chi connectivity index (χ0) is 17.8. The number of rotatable bonds is 4. The van der Waals surface area contributed by atoms with E-state index in [-0.39, 0.29) is 18.1 Å². The van der Waals surface area contributed by atoms with Crippen LogP contribution >= 0.6 is 0 Å². The van der Waals surface area contributed by atoms with Crippen molar-refractivity contribution in [3.8, 4) is 5.75 Å². The summed E-state index contributed by atoms with van der Waals surface area (Å²) in [7, 11) is 3.58. The molecule has 6 heteroatoms. The Morgan fingerprint density at radius 2 is 2.24 bits per heavy atom. The highest BCUT2D eigenvalue weighted by Crippen LogP contribution is 2.25. The summed E-state index contributed by atoms with van der Waals surface area (Å²) in [5, 5.41) is 3.18. The molecule has 0 aliphatic carbocycles. The Morgan fingerprint density at radius 1 is 1.40 bits per heavy atom. The van der Waals surface area contributed by atoms with Gasteiger partial charge in [0.25, 0.3) is 0 Å². The quantitative estimate of drug-likeness (QED) is 0.929. The van der Waals surface area contributed by atoms with Gasteiger partial charge in [-0.1, -0.05) is 12.1 Å². The molecule has 25 heavy (non-hydrogen) atoms. The number of hydrogen-bond donors (Lipinski definition) is 1. The number of likely N-dealkylation sites (tertiary alicyclic amines) is 1. The first kappa shape index (κ1) is 17.3. The molecule has 0 unspecified atom stereocenters. The average molecular weight is 342 g/mol. The molecule has 0 bridgehead atoms. The number of nitrogens with one attached hydrogen (secondary N) is 1. The van der Waals surface area contributed by atoms with Crippen LogP contribution in [-0.2, 0) is 7.05 Å². The van der Waals surface area contributed by atoms with E-state index in [0.29, 0.717) is 0 Å². The molecule has 0 saturated carbocycles. The third kappa shape index (κ3) is 3.78. The number of benzene rings is 1. The summed E-state index contributed by atoms with van der Waals surface area (Å²) in [5.74, 6) is 1.56. The van der Waals surface area contributed by atoms with E-state index in [1.165, 1.54) is 6.42 Å². The van der Waals surface area contributed by atoms with Gasteiger partial charge in [-0.2, -0.15) is 0 Å². The molecule has 2 amide bonds. The molecule has 1 aliphatic rings. The van der Waals surface area contributed by atoms with E-state index in [9.17, 15) is 4.79 Å². The Hall–Kier alpha value is -2.50. The molecule has 2 heterocycles. The fourth-order valence-corrected chi connectivity index (χ4v) is 3.38. The maximum Gasteiger partial charge on any atom is 0.318 e. The van der Waals surface area contributed by atoms with Gasteiger partial charge in [0.15, 0.2) is 0 Å². The van der Waals surface area contributed by atoms with E-state index >= 15 is 0 Å². The first-order chi connectivity index (χ1) is 12.1. The number of piperidine rings is 1. The maximum absolute atomic E-state index is 12.9. The van der Waals surface area contributed by atoms with Crippen LogP contribution in [0.25, 0.3) is 0 Å². The molecule has 1 fully saturated rings. The molecular formula is C19H26N4O2. The largest absolute Gasteiger partial charge is 0.497 e. The van der Waals surface area contributed by atoms with E-state index < -0.39 is 0 Å². The number of imidazole rings is 1. The van der Waals surface area contributed by atoms with E-state index in [1.807, 2.05) is 47.0 Å². The minimum Gasteiger partial charge on any atom is -0.497 e. The monoisotopic (exact) mass is 342 g/mol. The maximum atomic E-state index is 12.9. The lowest BCUT2D eigenvalue weighted by Crippen LogP contribution is -2.48. The van der Waals surface area contributed by atoms with Crippen LogP contribution in [0.15, 0.2) is 36.7 Å². The van der Waals surface area contributed by atoms with Crippen LogP contribution in [0.2, 0.25) is 0 Å². The Balaban J connectivity index is 1.89. The van der Waals surface area contributed by atoms with Crippen LogP contribution < -0.4 is 10.1 Å². The Kier molecular flexibility index (Phi) is 5.26. The fourth-order valence-electron chi connectivity index (χ4n) is 3.38. The van der Waals surface area contributed by atoms with E-state index in [4.69, 9.17) is 4.74 Å². The van der Waals surface area contributed by atoms with Crippen molar-refractivity contribution in [3.05, 3.63) is 48.0 Å². The Morgan fingerprint density at radius 3 is 2.92 bits per heavy atom. The van der Waals surface area contributed by atoms with Gasteiger partial charge < -0.3 is 19.5 Å². The van der Waals surface area contributed by atoms with E-state index in [2.05, 4.69) is 17.2 Å². The molecule has 1 aliphatic heterocycles. The number of methoxy groups -OCH3 is 1. The van der Waals surface area contributed by atoms with Crippen molar-refractivity contribution >= 4 is 6.03 Å². The third-order valence-electron chi connectivity index (χ3n) is 4.88. The summed E-state index contributed by atoms with van der Waals surface area (Å²) in [5.41, 5.74) is 0.951. The van der Waals surface area contributed by atoms with Crippen molar-refractivity contribution in [1.82, 2.24) is 19.8 Å². The van der Waals surface area contributed by atoms with Crippen LogP contribution in [0.4, 0.5) is 4.79 Å². The summed E-state index contributed by atoms with van der Waals surface area (Å²) in [6.07, 6.45) is 6.93. The Bertz CT molecular complexity index is 728. The van der Waals surface area contributed by atoms with Crippen molar-refractivity contribution in [2.24, 2.45) is 7.05 Å². The van der Waals surface area contributed by atoms with Gasteiger partial charge in [0.1, 0.15) is 17.6 Å². The van der Waals surface area contributed by atoms with E-state index in [1.54, 1.807) is 13.3 Å². The second-order valence-corrected chi connectivity index (χ2v) is 6.59. The van der Waals surface area contributed by atoms with Gasteiger partial charge in [0.2, 0.25) is 0 Å². The van der Waals surface area contributed by atoms with Crippen molar-refractivity contribution in [2.45, 2.75) is 38.3 Å². The number of nitrogens with zero attached hydrogens (tertiary/aromatic N) is 3. The fraction of sp³-hybridized carbons (Fsp3) is 0.474. The molecular weight excluding hydrogens is 316 g/mol. The van der Waals surface area contributed by atoms with E-state index in [0.717, 1.165) is 36.5 Å². The van der Waals surface area contributed by atoms with Crippen LogP contribution in [0, 0.1) is 0 Å².